The number of aromatic nitrogens is 1. The van der Waals surface area contributed by atoms with Crippen molar-refractivity contribution in [2.75, 3.05) is 41.7 Å². The number of fused-ring (bicyclic) bond motifs is 1. The monoisotopic (exact) mass is 399 g/mol. The summed E-state index contributed by atoms with van der Waals surface area (Å²) in [7, 11) is 0. The molecule has 1 fully saturated rings. The molecule has 1 aromatic carbocycles. The number of pyridine rings is 1. The van der Waals surface area contributed by atoms with Crippen LogP contribution in [0, 0.1) is 12.7 Å². The van der Waals surface area contributed by atoms with Gasteiger partial charge < -0.3 is 21.3 Å². The molecule has 3 heterocycles. The first-order valence-electron chi connectivity index (χ1n) is 9.18. The van der Waals surface area contributed by atoms with Crippen LogP contribution < -0.4 is 21.3 Å². The van der Waals surface area contributed by atoms with E-state index < -0.39 is 5.91 Å². The summed E-state index contributed by atoms with van der Waals surface area (Å²) >= 11 is 1.23. The van der Waals surface area contributed by atoms with Crippen molar-refractivity contribution in [2.45, 2.75) is 13.3 Å². The van der Waals surface area contributed by atoms with E-state index in [0.717, 1.165) is 54.2 Å². The third kappa shape index (κ3) is 3.24. The lowest BCUT2D eigenvalue weighted by Gasteiger charge is -2.25. The van der Waals surface area contributed by atoms with Crippen LogP contribution in [0.15, 0.2) is 30.5 Å². The minimum absolute atomic E-state index is 0.183. The predicted molar refractivity (Wildman–Crippen MR) is 113 cm³/mol. The number of nitrogen functional groups attached to an aromatic ring is 1. The summed E-state index contributed by atoms with van der Waals surface area (Å²) in [6.45, 7) is 5.13. The van der Waals surface area contributed by atoms with Crippen molar-refractivity contribution >= 4 is 44.5 Å². The van der Waals surface area contributed by atoms with Crippen molar-refractivity contribution < 1.29 is 9.18 Å². The molecule has 1 amide bonds. The van der Waals surface area contributed by atoms with E-state index in [2.05, 4.69) is 14.8 Å². The van der Waals surface area contributed by atoms with Gasteiger partial charge in [-0.3, -0.25) is 4.79 Å². The zero-order chi connectivity index (χ0) is 19.8. The maximum Gasteiger partial charge on any atom is 0.260 e. The highest BCUT2D eigenvalue weighted by atomic mass is 32.1. The van der Waals surface area contributed by atoms with Crippen LogP contribution >= 0.6 is 11.3 Å². The Morgan fingerprint density at radius 1 is 1.18 bits per heavy atom. The van der Waals surface area contributed by atoms with Crippen molar-refractivity contribution in [1.82, 2.24) is 4.98 Å². The fourth-order valence-electron chi connectivity index (χ4n) is 3.72. The molecule has 1 aliphatic heterocycles. The van der Waals surface area contributed by atoms with Gasteiger partial charge in [0.1, 0.15) is 15.5 Å². The number of carbonyl (C=O) groups is 1. The molecule has 0 aliphatic carbocycles. The molecule has 4 N–H and O–H groups in total. The quantitative estimate of drug-likeness (QED) is 0.706. The van der Waals surface area contributed by atoms with Gasteiger partial charge in [0, 0.05) is 38.1 Å². The van der Waals surface area contributed by atoms with Crippen LogP contribution in [0.25, 0.3) is 10.2 Å². The smallest absolute Gasteiger partial charge is 0.260 e. The second kappa shape index (κ2) is 7.27. The molecule has 6 nitrogen and oxygen atoms in total. The van der Waals surface area contributed by atoms with Crippen LogP contribution in [0.1, 0.15) is 21.7 Å². The Morgan fingerprint density at radius 2 is 1.93 bits per heavy atom. The van der Waals surface area contributed by atoms with Crippen LogP contribution in [0.2, 0.25) is 0 Å². The average Bonchev–Trinajstić information content (AvgIpc) is 2.86. The van der Waals surface area contributed by atoms with Gasteiger partial charge in [0.2, 0.25) is 0 Å². The Labute approximate surface area is 166 Å². The highest BCUT2D eigenvalue weighted by Crippen LogP contribution is 2.38. The van der Waals surface area contributed by atoms with E-state index in [0.29, 0.717) is 16.1 Å². The summed E-state index contributed by atoms with van der Waals surface area (Å²) in [5.74, 6) is -0.710. The molecule has 1 saturated heterocycles. The van der Waals surface area contributed by atoms with Crippen molar-refractivity contribution in [3.05, 3.63) is 46.7 Å². The number of thiophene rings is 1. The van der Waals surface area contributed by atoms with Gasteiger partial charge in [0.25, 0.3) is 5.91 Å². The number of nitrogens with two attached hydrogens (primary N) is 2. The lowest BCUT2D eigenvalue weighted by atomic mass is 10.2. The van der Waals surface area contributed by atoms with Gasteiger partial charge in [0.15, 0.2) is 0 Å². The molecule has 28 heavy (non-hydrogen) atoms. The van der Waals surface area contributed by atoms with Crippen molar-refractivity contribution in [3.8, 4) is 0 Å². The number of primary amides is 1. The summed E-state index contributed by atoms with van der Waals surface area (Å²) in [5.41, 5.74) is 14.8. The SMILES string of the molecule is Cc1cc(N2CCCN(c3ccnc4sc(C(N)=O)c(N)c34)CC2)ccc1F. The topological polar surface area (TPSA) is 88.5 Å². The second-order valence-electron chi connectivity index (χ2n) is 6.98. The Balaban J connectivity index is 1.63. The predicted octanol–water partition coefficient (Wildman–Crippen LogP) is 3.14. The Bertz CT molecular complexity index is 1050. The van der Waals surface area contributed by atoms with Gasteiger partial charge >= 0.3 is 0 Å². The molecule has 3 aromatic rings. The van der Waals surface area contributed by atoms with Crippen molar-refractivity contribution in [1.29, 1.82) is 0 Å². The fourth-order valence-corrected chi connectivity index (χ4v) is 4.65. The standard InChI is InChI=1S/C20H22FN5OS/c1-12-11-13(3-4-14(12)21)25-7-2-8-26(10-9-25)15-5-6-24-20-16(15)17(22)18(28-20)19(23)27/h3-6,11H,2,7-10,22H2,1H3,(H2,23,27). The van der Waals surface area contributed by atoms with E-state index in [4.69, 9.17) is 11.5 Å². The molecule has 0 unspecified atom stereocenters. The number of anilines is 3. The molecule has 146 valence electrons. The fraction of sp³-hybridized carbons (Fsp3) is 0.300. The average molecular weight is 399 g/mol. The summed E-state index contributed by atoms with van der Waals surface area (Å²) < 4.78 is 13.6. The van der Waals surface area contributed by atoms with Gasteiger partial charge in [-0.15, -0.1) is 11.3 Å². The van der Waals surface area contributed by atoms with Crippen LogP contribution in [0.3, 0.4) is 0 Å². The van der Waals surface area contributed by atoms with E-state index in [1.807, 2.05) is 18.2 Å². The molecule has 8 heteroatoms. The number of rotatable bonds is 3. The molecular weight excluding hydrogens is 377 g/mol. The molecule has 0 saturated carbocycles. The number of hydrogen-bond acceptors (Lipinski definition) is 6. The summed E-state index contributed by atoms with van der Waals surface area (Å²) in [4.78, 5) is 21.6. The maximum atomic E-state index is 13.6. The maximum absolute atomic E-state index is 13.6. The first kappa shape index (κ1) is 18.5. The minimum atomic E-state index is -0.528. The van der Waals surface area contributed by atoms with Crippen LogP contribution in [-0.2, 0) is 0 Å². The van der Waals surface area contributed by atoms with E-state index in [1.54, 1.807) is 13.1 Å². The van der Waals surface area contributed by atoms with E-state index >= 15 is 0 Å². The highest BCUT2D eigenvalue weighted by Gasteiger charge is 2.22. The van der Waals surface area contributed by atoms with E-state index in [9.17, 15) is 9.18 Å². The molecule has 4 rings (SSSR count). The van der Waals surface area contributed by atoms with Crippen LogP contribution in [-0.4, -0.2) is 37.1 Å². The van der Waals surface area contributed by atoms with E-state index in [-0.39, 0.29) is 5.82 Å². The normalized spacial score (nSPS) is 15.1. The summed E-state index contributed by atoms with van der Waals surface area (Å²) in [5, 5.41) is 0.798. The van der Waals surface area contributed by atoms with Gasteiger partial charge in [-0.25, -0.2) is 9.37 Å². The number of aryl methyl sites for hydroxylation is 1. The molecule has 0 spiro atoms. The number of amides is 1. The van der Waals surface area contributed by atoms with Crippen LogP contribution in [0.4, 0.5) is 21.5 Å². The van der Waals surface area contributed by atoms with Gasteiger partial charge in [-0.05, 0) is 43.2 Å². The third-order valence-corrected chi connectivity index (χ3v) is 6.30. The number of hydrogen-bond donors (Lipinski definition) is 2. The van der Waals surface area contributed by atoms with Gasteiger partial charge in [-0.2, -0.15) is 0 Å². The van der Waals surface area contributed by atoms with Crippen LogP contribution in [0.5, 0.6) is 0 Å². The molecule has 0 radical (unpaired) electrons. The Kier molecular flexibility index (Phi) is 4.80. The molecule has 0 bridgehead atoms. The third-order valence-electron chi connectivity index (χ3n) is 5.17. The van der Waals surface area contributed by atoms with Gasteiger partial charge in [0.05, 0.1) is 16.8 Å². The number of benzene rings is 1. The first-order chi connectivity index (χ1) is 13.5. The van der Waals surface area contributed by atoms with E-state index in [1.165, 1.54) is 17.4 Å². The molecule has 0 atom stereocenters. The summed E-state index contributed by atoms with van der Waals surface area (Å²) in [6.07, 6.45) is 2.69. The largest absolute Gasteiger partial charge is 0.397 e. The number of carbonyl (C=O) groups excluding carboxylic acids is 1. The van der Waals surface area contributed by atoms with Gasteiger partial charge in [-0.1, -0.05) is 0 Å². The first-order valence-corrected chi connectivity index (χ1v) is 10.00. The molecule has 2 aromatic heterocycles. The minimum Gasteiger partial charge on any atom is -0.397 e. The summed E-state index contributed by atoms with van der Waals surface area (Å²) in [6, 6.07) is 7.19. The second-order valence-corrected chi connectivity index (χ2v) is 7.98. The lowest BCUT2D eigenvalue weighted by Crippen LogP contribution is -2.30. The lowest BCUT2D eigenvalue weighted by molar-refractivity contribution is 0.100. The molecular formula is C20H22FN5OS. The molecule has 1 aliphatic rings. The van der Waals surface area contributed by atoms with Crippen molar-refractivity contribution in [3.63, 3.8) is 0 Å². The Hall–Kier alpha value is -2.87. The number of halogens is 1. The number of nitrogens with zero attached hydrogens (tertiary/aromatic N) is 3. The zero-order valence-electron chi connectivity index (χ0n) is 15.6. The highest BCUT2D eigenvalue weighted by molar-refractivity contribution is 7.21. The van der Waals surface area contributed by atoms with Crippen molar-refractivity contribution in [2.24, 2.45) is 5.73 Å². The zero-order valence-corrected chi connectivity index (χ0v) is 16.4. The Morgan fingerprint density at radius 3 is 2.68 bits per heavy atom.